The lowest BCUT2D eigenvalue weighted by molar-refractivity contribution is 0.0950. The number of carbonyl (C=O) groups is 1. The summed E-state index contributed by atoms with van der Waals surface area (Å²) in [6.45, 7) is 0.423. The zero-order chi connectivity index (χ0) is 13.7. The first-order valence-electron chi connectivity index (χ1n) is 5.75. The maximum Gasteiger partial charge on any atom is 0.251 e. The number of rotatable bonds is 4. The van der Waals surface area contributed by atoms with Crippen LogP contribution < -0.4 is 10.1 Å². The molecule has 0 saturated heterocycles. The van der Waals surface area contributed by atoms with Gasteiger partial charge in [-0.15, -0.1) is 12.6 Å². The van der Waals surface area contributed by atoms with Crippen molar-refractivity contribution in [1.82, 2.24) is 10.3 Å². The summed E-state index contributed by atoms with van der Waals surface area (Å²) in [6, 6.07) is 10.7. The third-order valence-electron chi connectivity index (χ3n) is 2.57. The highest BCUT2D eigenvalue weighted by atomic mass is 32.1. The molecule has 1 N–H and O–H groups in total. The largest absolute Gasteiger partial charge is 0.481 e. The lowest BCUT2D eigenvalue weighted by atomic mass is 10.2. The molecule has 0 fully saturated rings. The number of amides is 1. The molecule has 0 atom stereocenters. The summed E-state index contributed by atoms with van der Waals surface area (Å²) in [5.74, 6) is 0.421. The molecule has 2 aromatic rings. The number of methoxy groups -OCH3 is 1. The summed E-state index contributed by atoms with van der Waals surface area (Å²) in [7, 11) is 1.56. The van der Waals surface area contributed by atoms with E-state index in [-0.39, 0.29) is 5.91 Å². The number of ether oxygens (including phenoxy) is 1. The Morgan fingerprint density at radius 3 is 2.84 bits per heavy atom. The van der Waals surface area contributed by atoms with E-state index in [2.05, 4.69) is 22.9 Å². The summed E-state index contributed by atoms with van der Waals surface area (Å²) in [5, 5.41) is 2.83. The fourth-order valence-electron chi connectivity index (χ4n) is 1.57. The molecular weight excluding hydrogens is 260 g/mol. The van der Waals surface area contributed by atoms with Crippen LogP contribution in [0.2, 0.25) is 0 Å². The quantitative estimate of drug-likeness (QED) is 0.841. The Balaban J connectivity index is 1.96. The molecule has 0 spiro atoms. The summed E-state index contributed by atoms with van der Waals surface area (Å²) in [4.78, 5) is 16.7. The van der Waals surface area contributed by atoms with Crippen molar-refractivity contribution in [2.45, 2.75) is 11.4 Å². The Bertz CT molecular complexity index is 570. The van der Waals surface area contributed by atoms with Crippen molar-refractivity contribution in [3.05, 3.63) is 53.7 Å². The molecular formula is C14H14N2O2S. The first kappa shape index (κ1) is 13.4. The molecule has 2 rings (SSSR count). The van der Waals surface area contributed by atoms with Gasteiger partial charge < -0.3 is 10.1 Å². The standard InChI is InChI=1S/C14H14N2O2S/c1-18-13-6-5-10(8-15-13)9-16-14(17)11-3-2-4-12(19)7-11/h2-8,19H,9H2,1H3,(H,16,17). The number of aromatic nitrogens is 1. The van der Waals surface area contributed by atoms with Crippen molar-refractivity contribution < 1.29 is 9.53 Å². The van der Waals surface area contributed by atoms with E-state index in [1.807, 2.05) is 12.1 Å². The minimum atomic E-state index is -0.133. The van der Waals surface area contributed by atoms with Gasteiger partial charge >= 0.3 is 0 Å². The van der Waals surface area contributed by atoms with E-state index in [0.717, 1.165) is 10.5 Å². The molecule has 1 aromatic heterocycles. The van der Waals surface area contributed by atoms with Crippen LogP contribution in [-0.4, -0.2) is 18.0 Å². The minimum absolute atomic E-state index is 0.133. The van der Waals surface area contributed by atoms with Crippen LogP contribution in [0.15, 0.2) is 47.5 Å². The highest BCUT2D eigenvalue weighted by Crippen LogP contribution is 2.09. The second-order valence-electron chi connectivity index (χ2n) is 3.94. The van der Waals surface area contributed by atoms with Crippen molar-refractivity contribution in [3.63, 3.8) is 0 Å². The monoisotopic (exact) mass is 274 g/mol. The van der Waals surface area contributed by atoms with Crippen molar-refractivity contribution in [2.75, 3.05) is 7.11 Å². The number of nitrogens with one attached hydrogen (secondary N) is 1. The van der Waals surface area contributed by atoms with Gasteiger partial charge in [-0.25, -0.2) is 4.98 Å². The van der Waals surface area contributed by atoms with Crippen LogP contribution in [0.1, 0.15) is 15.9 Å². The first-order valence-corrected chi connectivity index (χ1v) is 6.20. The number of nitrogens with zero attached hydrogens (tertiary/aromatic N) is 1. The van der Waals surface area contributed by atoms with Crippen LogP contribution in [0.5, 0.6) is 5.88 Å². The Morgan fingerprint density at radius 1 is 1.37 bits per heavy atom. The SMILES string of the molecule is COc1ccc(CNC(=O)c2cccc(S)c2)cn1. The normalized spacial score (nSPS) is 10.0. The zero-order valence-electron chi connectivity index (χ0n) is 10.5. The average molecular weight is 274 g/mol. The molecule has 1 aromatic carbocycles. The van der Waals surface area contributed by atoms with E-state index in [0.29, 0.717) is 18.0 Å². The summed E-state index contributed by atoms with van der Waals surface area (Å²) >= 11 is 4.20. The Morgan fingerprint density at radius 2 is 2.21 bits per heavy atom. The van der Waals surface area contributed by atoms with Crippen LogP contribution in [0, 0.1) is 0 Å². The first-order chi connectivity index (χ1) is 9.19. The van der Waals surface area contributed by atoms with Crippen molar-refractivity contribution >= 4 is 18.5 Å². The van der Waals surface area contributed by atoms with Gasteiger partial charge in [0.05, 0.1) is 7.11 Å². The van der Waals surface area contributed by atoms with Gasteiger partial charge in [0.2, 0.25) is 5.88 Å². The fraction of sp³-hybridized carbons (Fsp3) is 0.143. The summed E-state index contributed by atoms with van der Waals surface area (Å²) < 4.78 is 4.97. The van der Waals surface area contributed by atoms with Gasteiger partial charge in [-0.3, -0.25) is 4.79 Å². The summed E-state index contributed by atoms with van der Waals surface area (Å²) in [6.07, 6.45) is 1.67. The molecule has 98 valence electrons. The Kier molecular flexibility index (Phi) is 4.41. The third-order valence-corrected chi connectivity index (χ3v) is 2.85. The van der Waals surface area contributed by atoms with Gasteiger partial charge in [-0.05, 0) is 23.8 Å². The smallest absolute Gasteiger partial charge is 0.251 e. The Hall–Kier alpha value is -2.01. The molecule has 0 unspecified atom stereocenters. The van der Waals surface area contributed by atoms with E-state index in [9.17, 15) is 4.79 Å². The maximum absolute atomic E-state index is 11.9. The highest BCUT2D eigenvalue weighted by Gasteiger charge is 2.05. The number of thiol groups is 1. The molecule has 0 radical (unpaired) electrons. The molecule has 19 heavy (non-hydrogen) atoms. The second kappa shape index (κ2) is 6.24. The van der Waals surface area contributed by atoms with Crippen LogP contribution in [0.25, 0.3) is 0 Å². The van der Waals surface area contributed by atoms with Gasteiger partial charge in [0.1, 0.15) is 0 Å². The van der Waals surface area contributed by atoms with Gasteiger partial charge in [0, 0.05) is 29.3 Å². The molecule has 0 aliphatic heterocycles. The molecule has 0 saturated carbocycles. The lowest BCUT2D eigenvalue weighted by Crippen LogP contribution is -2.22. The van der Waals surface area contributed by atoms with Gasteiger partial charge in [0.25, 0.3) is 5.91 Å². The molecule has 0 aliphatic rings. The van der Waals surface area contributed by atoms with Gasteiger partial charge in [0.15, 0.2) is 0 Å². The molecule has 0 aliphatic carbocycles. The number of hydrogen-bond donors (Lipinski definition) is 2. The number of carbonyl (C=O) groups excluding carboxylic acids is 1. The highest BCUT2D eigenvalue weighted by molar-refractivity contribution is 7.80. The molecule has 0 bridgehead atoms. The predicted molar refractivity (Wildman–Crippen MR) is 75.7 cm³/mol. The van der Waals surface area contributed by atoms with Gasteiger partial charge in [-0.2, -0.15) is 0 Å². The topological polar surface area (TPSA) is 51.2 Å². The number of benzene rings is 1. The van der Waals surface area contributed by atoms with E-state index in [1.54, 1.807) is 37.6 Å². The third kappa shape index (κ3) is 3.72. The van der Waals surface area contributed by atoms with E-state index in [1.165, 1.54) is 0 Å². The lowest BCUT2D eigenvalue weighted by Gasteiger charge is -2.06. The van der Waals surface area contributed by atoms with E-state index < -0.39 is 0 Å². The van der Waals surface area contributed by atoms with Crippen LogP contribution in [0.4, 0.5) is 0 Å². The van der Waals surface area contributed by atoms with Crippen molar-refractivity contribution in [1.29, 1.82) is 0 Å². The maximum atomic E-state index is 11.9. The van der Waals surface area contributed by atoms with E-state index >= 15 is 0 Å². The summed E-state index contributed by atoms with van der Waals surface area (Å²) in [5.41, 5.74) is 1.50. The van der Waals surface area contributed by atoms with Crippen LogP contribution in [-0.2, 0) is 6.54 Å². The number of pyridine rings is 1. The van der Waals surface area contributed by atoms with Crippen LogP contribution >= 0.6 is 12.6 Å². The molecule has 4 nitrogen and oxygen atoms in total. The fourth-order valence-corrected chi connectivity index (χ4v) is 1.79. The van der Waals surface area contributed by atoms with E-state index in [4.69, 9.17) is 4.74 Å². The van der Waals surface area contributed by atoms with Gasteiger partial charge in [-0.1, -0.05) is 12.1 Å². The zero-order valence-corrected chi connectivity index (χ0v) is 11.4. The molecule has 5 heteroatoms. The molecule has 1 amide bonds. The molecule has 1 heterocycles. The van der Waals surface area contributed by atoms with Crippen molar-refractivity contribution in [3.8, 4) is 5.88 Å². The van der Waals surface area contributed by atoms with Crippen LogP contribution in [0.3, 0.4) is 0 Å². The number of hydrogen-bond acceptors (Lipinski definition) is 4. The predicted octanol–water partition coefficient (Wildman–Crippen LogP) is 2.31. The minimum Gasteiger partial charge on any atom is -0.481 e. The average Bonchev–Trinajstić information content (AvgIpc) is 2.45. The Labute approximate surface area is 117 Å². The second-order valence-corrected chi connectivity index (χ2v) is 4.46. The van der Waals surface area contributed by atoms with Crippen molar-refractivity contribution in [2.24, 2.45) is 0 Å².